The van der Waals surface area contributed by atoms with E-state index >= 15 is 0 Å². The number of nitrogens with zero attached hydrogens (tertiary/aromatic N) is 1. The zero-order valence-electron chi connectivity index (χ0n) is 14.3. The van der Waals surface area contributed by atoms with Crippen LogP contribution in [0.15, 0.2) is 24.3 Å². The molecule has 1 aliphatic rings. The van der Waals surface area contributed by atoms with Crippen LogP contribution in [0.1, 0.15) is 43.7 Å². The highest BCUT2D eigenvalue weighted by atomic mass is 35.5. The van der Waals surface area contributed by atoms with Crippen LogP contribution in [-0.2, 0) is 4.79 Å². The van der Waals surface area contributed by atoms with Gasteiger partial charge in [-0.05, 0) is 44.6 Å². The molecule has 0 spiro atoms. The minimum Gasteiger partial charge on any atom is -0.353 e. The van der Waals surface area contributed by atoms with Crippen LogP contribution < -0.4 is 11.1 Å². The van der Waals surface area contributed by atoms with Gasteiger partial charge in [-0.3, -0.25) is 4.79 Å². The van der Waals surface area contributed by atoms with Crippen molar-refractivity contribution in [2.24, 2.45) is 5.73 Å². The van der Waals surface area contributed by atoms with E-state index in [4.69, 9.17) is 5.73 Å². The van der Waals surface area contributed by atoms with Crippen LogP contribution in [0.25, 0.3) is 0 Å². The van der Waals surface area contributed by atoms with Crippen LogP contribution in [0.5, 0.6) is 0 Å². The predicted molar refractivity (Wildman–Crippen MR) is 100 cm³/mol. The number of halogens is 3. The third-order valence-electron chi connectivity index (χ3n) is 4.51. The second-order valence-corrected chi connectivity index (χ2v) is 6.46. The SMILES string of the molecule is CN(C)C(CNC(=O)C1(N)CCCCC1)c1cccc(F)c1.Cl.Cl. The first kappa shape index (κ1) is 23.1. The molecule has 1 fully saturated rings. The molecule has 1 amide bonds. The summed E-state index contributed by atoms with van der Waals surface area (Å²) >= 11 is 0. The normalized spacial score (nSPS) is 17.4. The summed E-state index contributed by atoms with van der Waals surface area (Å²) in [5.74, 6) is -0.353. The summed E-state index contributed by atoms with van der Waals surface area (Å²) in [6, 6.07) is 6.42. The highest BCUT2D eigenvalue weighted by Gasteiger charge is 2.35. The molecular weight excluding hydrogens is 352 g/mol. The predicted octanol–water partition coefficient (Wildman–Crippen LogP) is 3.05. The van der Waals surface area contributed by atoms with Crippen molar-refractivity contribution in [3.63, 3.8) is 0 Å². The Kier molecular flexibility index (Phi) is 9.81. The van der Waals surface area contributed by atoms with E-state index in [0.29, 0.717) is 6.54 Å². The number of benzene rings is 1. The van der Waals surface area contributed by atoms with E-state index in [1.54, 1.807) is 6.07 Å². The molecule has 24 heavy (non-hydrogen) atoms. The first-order valence-corrected chi connectivity index (χ1v) is 7.91. The van der Waals surface area contributed by atoms with Crippen LogP contribution in [0.3, 0.4) is 0 Å². The lowest BCUT2D eigenvalue weighted by Gasteiger charge is -2.33. The number of carbonyl (C=O) groups is 1. The Bertz CT molecular complexity index is 522. The molecule has 2 rings (SSSR count). The topological polar surface area (TPSA) is 58.4 Å². The fraction of sp³-hybridized carbons (Fsp3) is 0.588. The lowest BCUT2D eigenvalue weighted by Crippen LogP contribution is -2.55. The van der Waals surface area contributed by atoms with E-state index in [1.165, 1.54) is 12.1 Å². The van der Waals surface area contributed by atoms with Gasteiger partial charge < -0.3 is 16.0 Å². The van der Waals surface area contributed by atoms with Crippen LogP contribution in [0.4, 0.5) is 4.39 Å². The summed E-state index contributed by atoms with van der Waals surface area (Å²) in [6.45, 7) is 0.425. The Balaban J connectivity index is 0.00000264. The number of carbonyl (C=O) groups excluding carboxylic acids is 1. The average molecular weight is 380 g/mol. The number of hydrogen-bond donors (Lipinski definition) is 2. The van der Waals surface area contributed by atoms with Crippen LogP contribution in [-0.4, -0.2) is 37.0 Å². The second-order valence-electron chi connectivity index (χ2n) is 6.46. The molecule has 0 aliphatic heterocycles. The highest BCUT2D eigenvalue weighted by molar-refractivity contribution is 5.86. The zero-order chi connectivity index (χ0) is 16.2. The van der Waals surface area contributed by atoms with Gasteiger partial charge in [0, 0.05) is 6.54 Å². The van der Waals surface area contributed by atoms with Crippen molar-refractivity contribution in [1.29, 1.82) is 0 Å². The highest BCUT2D eigenvalue weighted by Crippen LogP contribution is 2.26. The zero-order valence-corrected chi connectivity index (χ0v) is 15.9. The quantitative estimate of drug-likeness (QED) is 0.826. The number of rotatable bonds is 5. The molecule has 1 aromatic rings. The van der Waals surface area contributed by atoms with Gasteiger partial charge in [-0.15, -0.1) is 24.8 Å². The molecule has 0 aromatic heterocycles. The first-order valence-electron chi connectivity index (χ1n) is 7.91. The summed E-state index contributed by atoms with van der Waals surface area (Å²) < 4.78 is 13.4. The van der Waals surface area contributed by atoms with Crippen molar-refractivity contribution >= 4 is 30.7 Å². The summed E-state index contributed by atoms with van der Waals surface area (Å²) in [6.07, 6.45) is 4.64. The van der Waals surface area contributed by atoms with Gasteiger partial charge in [-0.25, -0.2) is 4.39 Å². The molecule has 0 heterocycles. The van der Waals surface area contributed by atoms with Crippen LogP contribution >= 0.6 is 24.8 Å². The van der Waals surface area contributed by atoms with E-state index in [-0.39, 0.29) is 42.6 Å². The van der Waals surface area contributed by atoms with Crippen LogP contribution in [0, 0.1) is 5.82 Å². The molecule has 4 nitrogen and oxygen atoms in total. The Labute approximate surface area is 156 Å². The van der Waals surface area contributed by atoms with Crippen molar-refractivity contribution in [2.45, 2.75) is 43.7 Å². The van der Waals surface area contributed by atoms with Gasteiger partial charge in [0.1, 0.15) is 5.82 Å². The maximum atomic E-state index is 13.4. The summed E-state index contributed by atoms with van der Waals surface area (Å²) in [5.41, 5.74) is 6.35. The van der Waals surface area contributed by atoms with Crippen molar-refractivity contribution in [3.8, 4) is 0 Å². The van der Waals surface area contributed by atoms with Crippen molar-refractivity contribution in [2.75, 3.05) is 20.6 Å². The van der Waals surface area contributed by atoms with Gasteiger partial charge in [0.15, 0.2) is 0 Å². The van der Waals surface area contributed by atoms with Gasteiger partial charge in [-0.2, -0.15) is 0 Å². The molecule has 1 unspecified atom stereocenters. The molecule has 138 valence electrons. The number of likely N-dealkylation sites (N-methyl/N-ethyl adjacent to an activating group) is 1. The van der Waals surface area contributed by atoms with Crippen LogP contribution in [0.2, 0.25) is 0 Å². The summed E-state index contributed by atoms with van der Waals surface area (Å²) in [5, 5.41) is 2.96. The van der Waals surface area contributed by atoms with Gasteiger partial charge in [0.2, 0.25) is 5.91 Å². The van der Waals surface area contributed by atoms with Gasteiger partial charge in [0.05, 0.1) is 11.6 Å². The number of nitrogens with two attached hydrogens (primary N) is 1. The average Bonchev–Trinajstić information content (AvgIpc) is 2.47. The Morgan fingerprint density at radius 2 is 1.92 bits per heavy atom. The fourth-order valence-corrected chi connectivity index (χ4v) is 3.09. The molecule has 0 radical (unpaired) electrons. The Hall–Kier alpha value is -0.880. The molecule has 1 atom stereocenters. The second kappa shape index (κ2) is 10.2. The minimum atomic E-state index is -0.739. The standard InChI is InChI=1S/C17H26FN3O.2ClH/c1-21(2)15(13-7-6-8-14(18)11-13)12-20-16(22)17(19)9-4-3-5-10-17;;/h6-8,11,15H,3-5,9-10,12,19H2,1-2H3,(H,20,22);2*1H. The summed E-state index contributed by atoms with van der Waals surface area (Å²) in [7, 11) is 3.83. The van der Waals surface area contributed by atoms with E-state index in [0.717, 1.165) is 37.7 Å². The van der Waals surface area contributed by atoms with E-state index in [2.05, 4.69) is 5.32 Å². The van der Waals surface area contributed by atoms with Crippen molar-refractivity contribution in [3.05, 3.63) is 35.6 Å². The molecule has 1 aromatic carbocycles. The fourth-order valence-electron chi connectivity index (χ4n) is 3.09. The third-order valence-corrected chi connectivity index (χ3v) is 4.51. The van der Waals surface area contributed by atoms with E-state index in [1.807, 2.05) is 25.1 Å². The Morgan fingerprint density at radius 1 is 1.29 bits per heavy atom. The minimum absolute atomic E-state index is 0. The maximum Gasteiger partial charge on any atom is 0.240 e. The number of hydrogen-bond acceptors (Lipinski definition) is 3. The van der Waals surface area contributed by atoms with Gasteiger partial charge in [0.25, 0.3) is 0 Å². The first-order chi connectivity index (χ1) is 10.4. The lowest BCUT2D eigenvalue weighted by atomic mass is 9.82. The summed E-state index contributed by atoms with van der Waals surface area (Å²) in [4.78, 5) is 14.4. The molecule has 0 saturated heterocycles. The molecular formula is C17H28Cl2FN3O. The smallest absolute Gasteiger partial charge is 0.240 e. The molecule has 1 saturated carbocycles. The van der Waals surface area contributed by atoms with Crippen molar-refractivity contribution in [1.82, 2.24) is 10.2 Å². The maximum absolute atomic E-state index is 13.4. The third kappa shape index (κ3) is 5.88. The largest absolute Gasteiger partial charge is 0.353 e. The molecule has 1 aliphatic carbocycles. The van der Waals surface area contributed by atoms with Gasteiger partial charge >= 0.3 is 0 Å². The molecule has 0 bridgehead atoms. The number of amides is 1. The molecule has 7 heteroatoms. The van der Waals surface area contributed by atoms with Crippen molar-refractivity contribution < 1.29 is 9.18 Å². The van der Waals surface area contributed by atoms with E-state index in [9.17, 15) is 9.18 Å². The lowest BCUT2D eigenvalue weighted by molar-refractivity contribution is -0.127. The Morgan fingerprint density at radius 3 is 2.46 bits per heavy atom. The molecule has 3 N–H and O–H groups in total. The van der Waals surface area contributed by atoms with E-state index < -0.39 is 5.54 Å². The monoisotopic (exact) mass is 379 g/mol. The number of nitrogens with one attached hydrogen (secondary N) is 1. The van der Waals surface area contributed by atoms with Gasteiger partial charge in [-0.1, -0.05) is 31.4 Å².